The Balaban J connectivity index is 2.62. The first-order chi connectivity index (χ1) is 8.18. The minimum absolute atomic E-state index is 0.0142. The van der Waals surface area contributed by atoms with E-state index in [4.69, 9.17) is 10.5 Å². The predicted molar refractivity (Wildman–Crippen MR) is 72.8 cm³/mol. The van der Waals surface area contributed by atoms with Crippen LogP contribution in [0.2, 0.25) is 0 Å². The Kier molecular flexibility index (Phi) is 5.17. The second-order valence-corrected chi connectivity index (χ2v) is 8.17. The lowest BCUT2D eigenvalue weighted by atomic mass is 9.92. The normalized spacial score (nSPS) is 20.9. The molecule has 5 nitrogen and oxygen atoms in total. The van der Waals surface area contributed by atoms with Gasteiger partial charge in [0.05, 0.1) is 5.75 Å². The van der Waals surface area contributed by atoms with Crippen molar-refractivity contribution in [3.8, 4) is 0 Å². The summed E-state index contributed by atoms with van der Waals surface area (Å²) in [6, 6.07) is 0. The summed E-state index contributed by atoms with van der Waals surface area (Å²) < 4.78 is 32.3. The molecule has 0 aliphatic carbocycles. The third-order valence-electron chi connectivity index (χ3n) is 3.33. The van der Waals surface area contributed by atoms with Crippen LogP contribution in [0.4, 0.5) is 0 Å². The van der Waals surface area contributed by atoms with Crippen LogP contribution in [0.3, 0.4) is 0 Å². The zero-order valence-electron chi connectivity index (χ0n) is 11.7. The maximum atomic E-state index is 12.1. The molecule has 0 unspecified atom stereocenters. The molecule has 18 heavy (non-hydrogen) atoms. The van der Waals surface area contributed by atoms with Crippen molar-refractivity contribution < 1.29 is 13.2 Å². The van der Waals surface area contributed by atoms with Crippen molar-refractivity contribution in [2.75, 3.05) is 25.5 Å². The van der Waals surface area contributed by atoms with E-state index in [0.717, 1.165) is 0 Å². The van der Waals surface area contributed by atoms with Gasteiger partial charge in [-0.1, -0.05) is 20.8 Å². The van der Waals surface area contributed by atoms with Crippen LogP contribution in [0.25, 0.3) is 0 Å². The number of nitrogens with two attached hydrogens (primary N) is 1. The second-order valence-electron chi connectivity index (χ2n) is 6.33. The van der Waals surface area contributed by atoms with Crippen LogP contribution < -0.4 is 10.5 Å². The average molecular weight is 278 g/mol. The molecule has 3 N–H and O–H groups in total. The van der Waals surface area contributed by atoms with Crippen molar-refractivity contribution in [2.24, 2.45) is 11.1 Å². The van der Waals surface area contributed by atoms with Gasteiger partial charge in [-0.25, -0.2) is 13.1 Å². The molecule has 0 saturated carbocycles. The number of ether oxygens (including phenoxy) is 1. The van der Waals surface area contributed by atoms with Crippen molar-refractivity contribution in [3.05, 3.63) is 0 Å². The molecule has 0 aromatic heterocycles. The number of sulfonamides is 1. The molecule has 1 rings (SSSR count). The number of nitrogens with one attached hydrogen (secondary N) is 1. The Morgan fingerprint density at radius 1 is 1.28 bits per heavy atom. The van der Waals surface area contributed by atoms with Gasteiger partial charge in [0.2, 0.25) is 10.0 Å². The van der Waals surface area contributed by atoms with Gasteiger partial charge in [0.15, 0.2) is 0 Å². The van der Waals surface area contributed by atoms with E-state index in [1.807, 2.05) is 20.8 Å². The highest BCUT2D eigenvalue weighted by atomic mass is 32.2. The van der Waals surface area contributed by atoms with Gasteiger partial charge in [-0.3, -0.25) is 0 Å². The molecule has 6 heteroatoms. The first kappa shape index (κ1) is 15.9. The largest absolute Gasteiger partial charge is 0.381 e. The summed E-state index contributed by atoms with van der Waals surface area (Å²) >= 11 is 0. The monoisotopic (exact) mass is 278 g/mol. The quantitative estimate of drug-likeness (QED) is 0.781. The molecular weight excluding hydrogens is 252 g/mol. The topological polar surface area (TPSA) is 81.4 Å². The third-order valence-corrected chi connectivity index (χ3v) is 4.82. The first-order valence-electron chi connectivity index (χ1n) is 6.48. The van der Waals surface area contributed by atoms with Crippen LogP contribution in [0, 0.1) is 5.41 Å². The third kappa shape index (κ3) is 5.22. The summed E-state index contributed by atoms with van der Waals surface area (Å²) in [5.41, 5.74) is 5.25. The molecule has 108 valence electrons. The fourth-order valence-electron chi connectivity index (χ4n) is 1.93. The minimum atomic E-state index is -3.27. The van der Waals surface area contributed by atoms with Crippen molar-refractivity contribution >= 4 is 10.0 Å². The van der Waals surface area contributed by atoms with Gasteiger partial charge < -0.3 is 10.5 Å². The number of hydrogen-bond donors (Lipinski definition) is 2. The maximum absolute atomic E-state index is 12.1. The molecule has 1 heterocycles. The molecule has 0 amide bonds. The average Bonchev–Trinajstić information content (AvgIpc) is 2.27. The summed E-state index contributed by atoms with van der Waals surface area (Å²) in [4.78, 5) is 0. The van der Waals surface area contributed by atoms with Crippen molar-refractivity contribution in [1.29, 1.82) is 0 Å². The zero-order valence-corrected chi connectivity index (χ0v) is 12.5. The second kappa shape index (κ2) is 5.86. The molecule has 0 aromatic rings. The molecule has 0 atom stereocenters. The zero-order chi connectivity index (χ0) is 13.9. The van der Waals surface area contributed by atoms with Crippen LogP contribution in [0.1, 0.15) is 40.0 Å². The van der Waals surface area contributed by atoms with E-state index in [-0.39, 0.29) is 11.2 Å². The van der Waals surface area contributed by atoms with Crippen molar-refractivity contribution in [2.45, 2.75) is 45.6 Å². The summed E-state index contributed by atoms with van der Waals surface area (Å²) in [5.74, 6) is 0.152. The van der Waals surface area contributed by atoms with Gasteiger partial charge in [-0.2, -0.15) is 0 Å². The molecular formula is C12H26N2O3S. The Morgan fingerprint density at radius 3 is 2.28 bits per heavy atom. The fraction of sp³-hybridized carbons (Fsp3) is 1.00. The summed E-state index contributed by atoms with van der Waals surface area (Å²) in [7, 11) is -3.27. The predicted octanol–water partition coefficient (Wildman–Crippen LogP) is 0.850. The van der Waals surface area contributed by atoms with E-state index >= 15 is 0 Å². The fourth-order valence-corrected chi connectivity index (χ4v) is 3.86. The molecule has 1 aliphatic rings. The Morgan fingerprint density at radius 2 is 1.83 bits per heavy atom. The molecule has 1 saturated heterocycles. The van der Waals surface area contributed by atoms with E-state index in [0.29, 0.717) is 39.0 Å². The van der Waals surface area contributed by atoms with Crippen molar-refractivity contribution in [1.82, 2.24) is 4.72 Å². The number of rotatable bonds is 5. The minimum Gasteiger partial charge on any atom is -0.381 e. The molecule has 1 aliphatic heterocycles. The summed E-state index contributed by atoms with van der Waals surface area (Å²) in [5, 5.41) is 0. The smallest absolute Gasteiger partial charge is 0.212 e. The Hall–Kier alpha value is -0.170. The Labute approximate surface area is 111 Å². The maximum Gasteiger partial charge on any atom is 0.212 e. The molecule has 1 fully saturated rings. The lowest BCUT2D eigenvalue weighted by Crippen LogP contribution is -2.57. The SMILES string of the molecule is CC(C)(C)CCS(=O)(=O)NC1(CN)CCOCC1. The molecule has 0 spiro atoms. The highest BCUT2D eigenvalue weighted by Gasteiger charge is 2.35. The highest BCUT2D eigenvalue weighted by Crippen LogP contribution is 2.23. The van der Waals surface area contributed by atoms with E-state index < -0.39 is 15.6 Å². The Bertz CT molecular complexity index is 354. The van der Waals surface area contributed by atoms with E-state index in [2.05, 4.69) is 4.72 Å². The van der Waals surface area contributed by atoms with Gasteiger partial charge in [-0.15, -0.1) is 0 Å². The van der Waals surface area contributed by atoms with E-state index in [1.165, 1.54) is 0 Å². The van der Waals surface area contributed by atoms with Crippen LogP contribution in [-0.4, -0.2) is 39.5 Å². The van der Waals surface area contributed by atoms with E-state index in [9.17, 15) is 8.42 Å². The van der Waals surface area contributed by atoms with Crippen LogP contribution >= 0.6 is 0 Å². The molecule has 0 radical (unpaired) electrons. The van der Waals surface area contributed by atoms with Gasteiger partial charge in [-0.05, 0) is 24.7 Å². The van der Waals surface area contributed by atoms with Gasteiger partial charge in [0.25, 0.3) is 0 Å². The molecule has 0 aromatic carbocycles. The van der Waals surface area contributed by atoms with Crippen LogP contribution in [0.5, 0.6) is 0 Å². The van der Waals surface area contributed by atoms with Crippen molar-refractivity contribution in [3.63, 3.8) is 0 Å². The lowest BCUT2D eigenvalue weighted by Gasteiger charge is -2.36. The highest BCUT2D eigenvalue weighted by molar-refractivity contribution is 7.89. The summed E-state index contributed by atoms with van der Waals surface area (Å²) in [6.07, 6.45) is 1.94. The van der Waals surface area contributed by atoms with Gasteiger partial charge in [0, 0.05) is 25.3 Å². The van der Waals surface area contributed by atoms with E-state index in [1.54, 1.807) is 0 Å². The standard InChI is InChI=1S/C12H26N2O3S/c1-11(2,3)6-9-18(15,16)14-12(10-13)4-7-17-8-5-12/h14H,4-10,13H2,1-3H3. The van der Waals surface area contributed by atoms with Crippen LogP contribution in [0.15, 0.2) is 0 Å². The lowest BCUT2D eigenvalue weighted by molar-refractivity contribution is 0.0501. The van der Waals surface area contributed by atoms with Gasteiger partial charge in [0.1, 0.15) is 0 Å². The summed E-state index contributed by atoms with van der Waals surface area (Å²) in [6.45, 7) is 7.57. The van der Waals surface area contributed by atoms with Gasteiger partial charge >= 0.3 is 0 Å². The molecule has 0 bridgehead atoms. The number of hydrogen-bond acceptors (Lipinski definition) is 4. The first-order valence-corrected chi connectivity index (χ1v) is 8.13. The van der Waals surface area contributed by atoms with Crippen LogP contribution in [-0.2, 0) is 14.8 Å².